The molecule has 1 unspecified atom stereocenters. The van der Waals surface area contributed by atoms with Crippen molar-refractivity contribution in [3.05, 3.63) is 93.5 Å². The number of halogens is 2. The zero-order valence-electron chi connectivity index (χ0n) is 16.3. The van der Waals surface area contributed by atoms with Crippen LogP contribution in [-0.4, -0.2) is 18.1 Å². The van der Waals surface area contributed by atoms with Crippen LogP contribution in [0.25, 0.3) is 0 Å². The lowest BCUT2D eigenvalue weighted by molar-refractivity contribution is 0.196. The third kappa shape index (κ3) is 4.15. The van der Waals surface area contributed by atoms with Gasteiger partial charge in [0.15, 0.2) is 0 Å². The maximum absolute atomic E-state index is 6.34. The molecule has 7 heteroatoms. The summed E-state index contributed by atoms with van der Waals surface area (Å²) in [5.41, 5.74) is 3.66. The lowest BCUT2D eigenvalue weighted by Crippen LogP contribution is -2.40. The maximum atomic E-state index is 6.34. The lowest BCUT2D eigenvalue weighted by Gasteiger charge is -2.36. The molecule has 1 heterocycles. The molecular formula is C23H18Cl2N2O2S. The Labute approximate surface area is 190 Å². The van der Waals surface area contributed by atoms with Crippen molar-refractivity contribution >= 4 is 52.1 Å². The molecule has 3 aromatic rings. The molecule has 4 rings (SSSR count). The number of hydrogen-bond donors (Lipinski definition) is 0. The Morgan fingerprint density at radius 1 is 0.967 bits per heavy atom. The highest BCUT2D eigenvalue weighted by Crippen LogP contribution is 2.35. The van der Waals surface area contributed by atoms with Crippen LogP contribution < -0.4 is 9.64 Å². The van der Waals surface area contributed by atoms with Gasteiger partial charge in [0, 0.05) is 16.8 Å². The van der Waals surface area contributed by atoms with Gasteiger partial charge in [-0.25, -0.2) is 0 Å². The van der Waals surface area contributed by atoms with Gasteiger partial charge in [-0.05, 0) is 73.7 Å². The molecule has 0 bridgehead atoms. The second-order valence-corrected chi connectivity index (χ2v) is 7.96. The molecule has 1 aliphatic rings. The van der Waals surface area contributed by atoms with Gasteiger partial charge < -0.3 is 9.47 Å². The second-order valence-electron chi connectivity index (χ2n) is 6.78. The smallest absolute Gasteiger partial charge is 0.225 e. The highest BCUT2D eigenvalue weighted by Gasteiger charge is 2.32. The monoisotopic (exact) mass is 456 g/mol. The molecule has 1 atom stereocenters. The number of nitrogens with zero attached hydrogens (tertiary/aromatic N) is 2. The van der Waals surface area contributed by atoms with Crippen LogP contribution in [0.2, 0.25) is 10.0 Å². The van der Waals surface area contributed by atoms with E-state index in [1.807, 2.05) is 66.4 Å². The quantitative estimate of drug-likeness (QED) is 0.415. The standard InChI is InChI=1S/C23H18Cl2N2O2S/c1-14-3-8-17(9-4-14)27-22(15-5-10-18(28-2)11-6-15)29-21(26-23(27)30)16-7-12-19(24)20(25)13-16/h3-13,22H,1-2H3. The van der Waals surface area contributed by atoms with Gasteiger partial charge >= 0.3 is 0 Å². The van der Waals surface area contributed by atoms with Gasteiger partial charge in [-0.3, -0.25) is 4.90 Å². The van der Waals surface area contributed by atoms with Crippen LogP contribution in [0.1, 0.15) is 22.9 Å². The largest absolute Gasteiger partial charge is 0.497 e. The summed E-state index contributed by atoms with van der Waals surface area (Å²) >= 11 is 17.9. The SMILES string of the molecule is COc1ccc(C2OC(c3ccc(Cl)c(Cl)c3)=NC(=S)N2c2ccc(C)cc2)cc1. The van der Waals surface area contributed by atoms with E-state index in [-0.39, 0.29) is 0 Å². The summed E-state index contributed by atoms with van der Waals surface area (Å²) in [6.07, 6.45) is -0.506. The number of aryl methyl sites for hydroxylation is 1. The molecule has 0 amide bonds. The van der Waals surface area contributed by atoms with Gasteiger partial charge in [-0.1, -0.05) is 40.9 Å². The summed E-state index contributed by atoms with van der Waals surface area (Å²) < 4.78 is 11.6. The minimum atomic E-state index is -0.506. The normalized spacial score (nSPS) is 16.1. The minimum absolute atomic E-state index is 0.391. The lowest BCUT2D eigenvalue weighted by atomic mass is 10.1. The minimum Gasteiger partial charge on any atom is -0.497 e. The molecule has 152 valence electrons. The van der Waals surface area contributed by atoms with Gasteiger partial charge in [0.25, 0.3) is 0 Å². The van der Waals surface area contributed by atoms with Crippen molar-refractivity contribution in [2.45, 2.75) is 13.2 Å². The molecule has 0 radical (unpaired) electrons. The highest BCUT2D eigenvalue weighted by atomic mass is 35.5. The molecule has 0 saturated carbocycles. The Hall–Kier alpha value is -2.60. The summed E-state index contributed by atoms with van der Waals surface area (Å²) in [7, 11) is 1.63. The Kier molecular flexibility index (Phi) is 5.95. The van der Waals surface area contributed by atoms with E-state index in [0.29, 0.717) is 26.6 Å². The topological polar surface area (TPSA) is 34.1 Å². The number of aliphatic imine (C=N–C) groups is 1. The number of ether oxygens (including phenoxy) is 2. The molecule has 0 aromatic heterocycles. The molecule has 0 N–H and O–H groups in total. The first-order valence-corrected chi connectivity index (χ1v) is 10.4. The first-order chi connectivity index (χ1) is 14.5. The predicted octanol–water partition coefficient (Wildman–Crippen LogP) is 6.58. The van der Waals surface area contributed by atoms with Crippen molar-refractivity contribution in [3.8, 4) is 5.75 Å². The number of methoxy groups -OCH3 is 1. The summed E-state index contributed by atoms with van der Waals surface area (Å²) in [5, 5.41) is 1.28. The van der Waals surface area contributed by atoms with Crippen molar-refractivity contribution in [3.63, 3.8) is 0 Å². The first kappa shape index (κ1) is 20.7. The molecule has 1 aliphatic heterocycles. The fourth-order valence-corrected chi connectivity index (χ4v) is 3.71. The van der Waals surface area contributed by atoms with Crippen LogP contribution >= 0.6 is 35.4 Å². The van der Waals surface area contributed by atoms with E-state index in [0.717, 1.165) is 22.6 Å². The second kappa shape index (κ2) is 8.64. The van der Waals surface area contributed by atoms with Gasteiger partial charge in [0.05, 0.1) is 17.2 Å². The summed E-state index contributed by atoms with van der Waals surface area (Å²) in [4.78, 5) is 6.42. The molecule has 30 heavy (non-hydrogen) atoms. The Morgan fingerprint density at radius 2 is 1.67 bits per heavy atom. The van der Waals surface area contributed by atoms with Crippen LogP contribution in [0, 0.1) is 6.92 Å². The fraction of sp³-hybridized carbons (Fsp3) is 0.130. The van der Waals surface area contributed by atoms with E-state index in [1.165, 1.54) is 0 Å². The van der Waals surface area contributed by atoms with E-state index < -0.39 is 6.23 Å². The third-order valence-corrected chi connectivity index (χ3v) is 5.77. The first-order valence-electron chi connectivity index (χ1n) is 9.21. The Balaban J connectivity index is 1.79. The van der Waals surface area contributed by atoms with Crippen molar-refractivity contribution in [2.75, 3.05) is 12.0 Å². The summed E-state index contributed by atoms with van der Waals surface area (Å²) in [5.74, 6) is 1.15. The van der Waals surface area contributed by atoms with Crippen LogP contribution in [0.15, 0.2) is 71.7 Å². The van der Waals surface area contributed by atoms with Gasteiger partial charge in [-0.2, -0.15) is 4.99 Å². The average Bonchev–Trinajstić information content (AvgIpc) is 2.76. The number of anilines is 1. The van der Waals surface area contributed by atoms with Gasteiger partial charge in [0.1, 0.15) is 5.75 Å². The number of thiocarbonyl (C=S) groups is 1. The van der Waals surface area contributed by atoms with Crippen LogP contribution in [-0.2, 0) is 4.74 Å². The number of rotatable bonds is 4. The third-order valence-electron chi connectivity index (χ3n) is 4.74. The van der Waals surface area contributed by atoms with Crippen molar-refractivity contribution in [1.82, 2.24) is 0 Å². The van der Waals surface area contributed by atoms with E-state index >= 15 is 0 Å². The van der Waals surface area contributed by atoms with E-state index in [1.54, 1.807) is 19.2 Å². The summed E-state index contributed by atoms with van der Waals surface area (Å²) in [6.45, 7) is 2.04. The van der Waals surface area contributed by atoms with Gasteiger partial charge in [0.2, 0.25) is 17.2 Å². The van der Waals surface area contributed by atoms with Crippen LogP contribution in [0.5, 0.6) is 5.75 Å². The Bertz CT molecular complexity index is 1120. The zero-order chi connectivity index (χ0) is 21.3. The average molecular weight is 457 g/mol. The van der Waals surface area contributed by atoms with Crippen molar-refractivity contribution in [2.24, 2.45) is 4.99 Å². The van der Waals surface area contributed by atoms with Crippen LogP contribution in [0.4, 0.5) is 5.69 Å². The molecular weight excluding hydrogens is 439 g/mol. The van der Waals surface area contributed by atoms with Crippen LogP contribution in [0.3, 0.4) is 0 Å². The fourth-order valence-electron chi connectivity index (χ4n) is 3.12. The van der Waals surface area contributed by atoms with E-state index in [9.17, 15) is 0 Å². The van der Waals surface area contributed by atoms with Gasteiger partial charge in [-0.15, -0.1) is 0 Å². The van der Waals surface area contributed by atoms with Crippen molar-refractivity contribution < 1.29 is 9.47 Å². The maximum Gasteiger partial charge on any atom is 0.225 e. The molecule has 0 saturated heterocycles. The number of hydrogen-bond acceptors (Lipinski definition) is 3. The van der Waals surface area contributed by atoms with E-state index in [2.05, 4.69) is 4.99 Å². The molecule has 0 spiro atoms. The molecule has 3 aromatic carbocycles. The van der Waals surface area contributed by atoms with Crippen molar-refractivity contribution in [1.29, 1.82) is 0 Å². The molecule has 4 nitrogen and oxygen atoms in total. The molecule has 0 aliphatic carbocycles. The predicted molar refractivity (Wildman–Crippen MR) is 126 cm³/mol. The van der Waals surface area contributed by atoms with E-state index in [4.69, 9.17) is 44.9 Å². The molecule has 0 fully saturated rings. The number of benzene rings is 3. The highest BCUT2D eigenvalue weighted by molar-refractivity contribution is 7.80. The zero-order valence-corrected chi connectivity index (χ0v) is 18.6. The Morgan fingerprint density at radius 3 is 2.30 bits per heavy atom. The summed E-state index contributed by atoms with van der Waals surface area (Å²) in [6, 6.07) is 21.0.